The fourth-order valence-corrected chi connectivity index (χ4v) is 3.00. The zero-order valence-corrected chi connectivity index (χ0v) is 15.6. The first kappa shape index (κ1) is 18.0. The molecule has 8 heteroatoms. The summed E-state index contributed by atoms with van der Waals surface area (Å²) in [6, 6.07) is 10.2. The summed E-state index contributed by atoms with van der Waals surface area (Å²) in [4.78, 5) is 28.4. The highest BCUT2D eigenvalue weighted by atomic mass is 16.7. The van der Waals surface area contributed by atoms with Crippen LogP contribution in [-0.2, 0) is 0 Å². The second-order valence-electron chi connectivity index (χ2n) is 6.59. The van der Waals surface area contributed by atoms with Gasteiger partial charge in [0.05, 0.1) is 0 Å². The number of nitrogens with zero attached hydrogens (tertiary/aromatic N) is 2. The van der Waals surface area contributed by atoms with E-state index in [1.54, 1.807) is 60.3 Å². The average molecular weight is 384 g/mol. The van der Waals surface area contributed by atoms with Crippen molar-refractivity contribution in [2.24, 2.45) is 0 Å². The van der Waals surface area contributed by atoms with Crippen LogP contribution in [0.15, 0.2) is 36.4 Å². The van der Waals surface area contributed by atoms with Gasteiger partial charge in [-0.1, -0.05) is 0 Å². The maximum atomic E-state index is 12.6. The first-order valence-electron chi connectivity index (χ1n) is 8.83. The predicted molar refractivity (Wildman–Crippen MR) is 99.1 cm³/mol. The lowest BCUT2D eigenvalue weighted by Crippen LogP contribution is -2.37. The van der Waals surface area contributed by atoms with E-state index in [4.69, 9.17) is 18.9 Å². The minimum Gasteiger partial charge on any atom is -0.454 e. The van der Waals surface area contributed by atoms with Crippen LogP contribution in [0.25, 0.3) is 0 Å². The third kappa shape index (κ3) is 3.40. The topological polar surface area (TPSA) is 77.5 Å². The first-order chi connectivity index (χ1) is 13.5. The number of ether oxygens (including phenoxy) is 4. The van der Waals surface area contributed by atoms with Crippen molar-refractivity contribution < 1.29 is 28.5 Å². The summed E-state index contributed by atoms with van der Waals surface area (Å²) in [6.45, 7) is 1.10. The monoisotopic (exact) mass is 384 g/mol. The van der Waals surface area contributed by atoms with Gasteiger partial charge in [-0.05, 0) is 36.4 Å². The summed E-state index contributed by atoms with van der Waals surface area (Å²) in [6.07, 6.45) is 0. The molecule has 8 nitrogen and oxygen atoms in total. The van der Waals surface area contributed by atoms with Crippen molar-refractivity contribution in [2.75, 3.05) is 40.8 Å². The number of likely N-dealkylation sites (N-methyl/N-ethyl adjacent to an activating group) is 2. The fraction of sp³-hybridized carbons (Fsp3) is 0.300. The molecule has 2 aliphatic rings. The Kier molecular flexibility index (Phi) is 4.68. The number of carbonyl (C=O) groups is 2. The van der Waals surface area contributed by atoms with Crippen LogP contribution in [0.1, 0.15) is 20.7 Å². The molecule has 0 fully saturated rings. The average Bonchev–Trinajstić information content (AvgIpc) is 3.38. The van der Waals surface area contributed by atoms with Crippen LogP contribution < -0.4 is 18.9 Å². The van der Waals surface area contributed by atoms with Crippen LogP contribution in [0.2, 0.25) is 0 Å². The van der Waals surface area contributed by atoms with Crippen LogP contribution >= 0.6 is 0 Å². The van der Waals surface area contributed by atoms with E-state index in [9.17, 15) is 9.59 Å². The second kappa shape index (κ2) is 7.30. The SMILES string of the molecule is CN(CCN(C)C(=O)c1ccc2c(c1)OCO2)C(=O)c1ccc2c(c1)OCO2. The van der Waals surface area contributed by atoms with E-state index in [2.05, 4.69) is 0 Å². The third-order valence-electron chi connectivity index (χ3n) is 4.70. The van der Waals surface area contributed by atoms with Crippen molar-refractivity contribution in [1.29, 1.82) is 0 Å². The van der Waals surface area contributed by atoms with Crippen molar-refractivity contribution in [3.05, 3.63) is 47.5 Å². The van der Waals surface area contributed by atoms with E-state index in [-0.39, 0.29) is 25.4 Å². The molecule has 0 N–H and O–H groups in total. The number of benzene rings is 2. The maximum absolute atomic E-state index is 12.6. The molecule has 2 heterocycles. The standard InChI is InChI=1S/C20H20N2O6/c1-21(19(23)13-3-5-15-17(9-13)27-11-25-15)7-8-22(2)20(24)14-4-6-16-18(10-14)28-12-26-16/h3-6,9-10H,7-8,11-12H2,1-2H3. The molecule has 0 aromatic heterocycles. The molecule has 4 rings (SSSR count). The van der Waals surface area contributed by atoms with Gasteiger partial charge in [-0.25, -0.2) is 0 Å². The lowest BCUT2D eigenvalue weighted by Gasteiger charge is -2.22. The summed E-state index contributed by atoms with van der Waals surface area (Å²) in [5.74, 6) is 2.09. The quantitative estimate of drug-likeness (QED) is 0.785. The number of amides is 2. The van der Waals surface area contributed by atoms with Crippen LogP contribution in [0.3, 0.4) is 0 Å². The van der Waals surface area contributed by atoms with Gasteiger partial charge in [-0.2, -0.15) is 0 Å². The largest absolute Gasteiger partial charge is 0.454 e. The Hall–Kier alpha value is -3.42. The number of hydrogen-bond acceptors (Lipinski definition) is 6. The maximum Gasteiger partial charge on any atom is 0.253 e. The molecule has 0 radical (unpaired) electrons. The second-order valence-corrected chi connectivity index (χ2v) is 6.59. The van der Waals surface area contributed by atoms with Crippen molar-refractivity contribution in [1.82, 2.24) is 9.80 Å². The molecule has 2 aromatic carbocycles. The molecule has 0 saturated heterocycles. The van der Waals surface area contributed by atoms with Crippen LogP contribution in [-0.4, -0.2) is 62.4 Å². The minimum atomic E-state index is -0.151. The highest BCUT2D eigenvalue weighted by molar-refractivity contribution is 5.96. The number of carbonyl (C=O) groups excluding carboxylic acids is 2. The molecule has 0 saturated carbocycles. The third-order valence-corrected chi connectivity index (χ3v) is 4.70. The predicted octanol–water partition coefficient (Wildman–Crippen LogP) is 1.99. The summed E-state index contributed by atoms with van der Waals surface area (Å²) < 4.78 is 21.2. The van der Waals surface area contributed by atoms with Crippen LogP contribution in [0.4, 0.5) is 0 Å². The highest BCUT2D eigenvalue weighted by Gasteiger charge is 2.21. The number of hydrogen-bond donors (Lipinski definition) is 0. The molecule has 28 heavy (non-hydrogen) atoms. The van der Waals surface area contributed by atoms with Gasteiger partial charge >= 0.3 is 0 Å². The molecule has 2 aromatic rings. The van der Waals surface area contributed by atoms with E-state index in [1.807, 2.05) is 0 Å². The molecule has 0 unspecified atom stereocenters. The van der Waals surface area contributed by atoms with E-state index < -0.39 is 0 Å². The van der Waals surface area contributed by atoms with Gasteiger partial charge in [-0.15, -0.1) is 0 Å². The van der Waals surface area contributed by atoms with Gasteiger partial charge in [0, 0.05) is 38.3 Å². The summed E-state index contributed by atoms with van der Waals surface area (Å²) >= 11 is 0. The molecule has 0 bridgehead atoms. The molecule has 2 amide bonds. The van der Waals surface area contributed by atoms with E-state index >= 15 is 0 Å². The van der Waals surface area contributed by atoms with E-state index in [1.165, 1.54) is 0 Å². The highest BCUT2D eigenvalue weighted by Crippen LogP contribution is 2.33. The van der Waals surface area contributed by atoms with Gasteiger partial charge in [0.2, 0.25) is 13.6 Å². The van der Waals surface area contributed by atoms with Crippen molar-refractivity contribution in [3.63, 3.8) is 0 Å². The smallest absolute Gasteiger partial charge is 0.253 e. The lowest BCUT2D eigenvalue weighted by atomic mass is 10.1. The summed E-state index contributed by atoms with van der Waals surface area (Å²) in [5, 5.41) is 0. The Morgan fingerprint density at radius 2 is 1.11 bits per heavy atom. The normalized spacial score (nSPS) is 13.4. The van der Waals surface area contributed by atoms with Crippen molar-refractivity contribution >= 4 is 11.8 Å². The fourth-order valence-electron chi connectivity index (χ4n) is 3.00. The zero-order valence-electron chi connectivity index (χ0n) is 15.6. The number of fused-ring (bicyclic) bond motifs is 2. The Morgan fingerprint density at radius 3 is 1.54 bits per heavy atom. The molecule has 2 aliphatic heterocycles. The Morgan fingerprint density at radius 1 is 0.714 bits per heavy atom. The van der Waals surface area contributed by atoms with E-state index in [0.29, 0.717) is 47.2 Å². The van der Waals surface area contributed by atoms with Crippen molar-refractivity contribution in [3.8, 4) is 23.0 Å². The minimum absolute atomic E-state index is 0.151. The lowest BCUT2D eigenvalue weighted by molar-refractivity contribution is 0.0718. The molecule has 0 spiro atoms. The molecule has 0 atom stereocenters. The van der Waals surface area contributed by atoms with Gasteiger partial charge < -0.3 is 28.7 Å². The molecule has 0 aliphatic carbocycles. The molecule has 146 valence electrons. The number of rotatable bonds is 5. The van der Waals surface area contributed by atoms with Gasteiger partial charge in [-0.3, -0.25) is 9.59 Å². The molecular formula is C20H20N2O6. The first-order valence-corrected chi connectivity index (χ1v) is 8.83. The van der Waals surface area contributed by atoms with Gasteiger partial charge in [0.15, 0.2) is 23.0 Å². The van der Waals surface area contributed by atoms with Crippen LogP contribution in [0, 0.1) is 0 Å². The molecular weight excluding hydrogens is 364 g/mol. The van der Waals surface area contributed by atoms with Gasteiger partial charge in [0.25, 0.3) is 11.8 Å². The summed E-state index contributed by atoms with van der Waals surface area (Å²) in [7, 11) is 3.40. The van der Waals surface area contributed by atoms with Crippen molar-refractivity contribution in [2.45, 2.75) is 0 Å². The van der Waals surface area contributed by atoms with Gasteiger partial charge in [0.1, 0.15) is 0 Å². The Labute approximate surface area is 162 Å². The Bertz CT molecular complexity index is 853. The zero-order chi connectivity index (χ0) is 19.7. The van der Waals surface area contributed by atoms with E-state index in [0.717, 1.165) is 0 Å². The Balaban J connectivity index is 1.35. The van der Waals surface area contributed by atoms with Crippen LogP contribution in [0.5, 0.6) is 23.0 Å². The summed E-state index contributed by atoms with van der Waals surface area (Å²) in [5.41, 5.74) is 1.02.